The van der Waals surface area contributed by atoms with Crippen molar-refractivity contribution in [2.75, 3.05) is 13.1 Å². The molecule has 0 unspecified atom stereocenters. The van der Waals surface area contributed by atoms with Crippen molar-refractivity contribution < 1.29 is 9.53 Å². The van der Waals surface area contributed by atoms with Gasteiger partial charge in [0.1, 0.15) is 5.60 Å². The van der Waals surface area contributed by atoms with E-state index in [2.05, 4.69) is 0 Å². The van der Waals surface area contributed by atoms with Gasteiger partial charge in [0, 0.05) is 13.1 Å². The average Bonchev–Trinajstić information content (AvgIpc) is 1.95. The smallest absolute Gasteiger partial charge is 0.410 e. The molecule has 0 aromatic carbocycles. The summed E-state index contributed by atoms with van der Waals surface area (Å²) in [6.45, 7) is 8.80. The van der Waals surface area contributed by atoms with Crippen LogP contribution in [-0.4, -0.2) is 34.6 Å². The first-order valence-corrected chi connectivity index (χ1v) is 5.30. The molecule has 0 bridgehead atoms. The van der Waals surface area contributed by atoms with Crippen LogP contribution in [0.5, 0.6) is 0 Å². The lowest BCUT2D eigenvalue weighted by atomic mass is 9.97. The van der Waals surface area contributed by atoms with Crippen molar-refractivity contribution in [2.24, 2.45) is 0 Å². The Hall–Kier alpha value is -0.440. The fourth-order valence-corrected chi connectivity index (χ4v) is 1.61. The summed E-state index contributed by atoms with van der Waals surface area (Å²) in [4.78, 5) is 12.9. The van der Waals surface area contributed by atoms with Crippen molar-refractivity contribution in [3.05, 3.63) is 0 Å². The van der Waals surface area contributed by atoms with Crippen LogP contribution < -0.4 is 0 Å². The van der Waals surface area contributed by atoms with Crippen LogP contribution in [-0.2, 0) is 4.74 Å². The summed E-state index contributed by atoms with van der Waals surface area (Å²) in [6.07, 6.45) is 0.621. The standard InChI is InChI=1S/C10H18ClNO2/c1-5-10(11)6-12(7-10)8(13)14-9(2,3)4/h5-7H2,1-4H3. The van der Waals surface area contributed by atoms with Crippen LogP contribution in [0, 0.1) is 0 Å². The zero-order valence-electron chi connectivity index (χ0n) is 9.26. The Bertz CT molecular complexity index is 229. The van der Waals surface area contributed by atoms with Crippen molar-refractivity contribution in [1.82, 2.24) is 4.90 Å². The molecule has 1 fully saturated rings. The molecule has 1 saturated heterocycles. The summed E-state index contributed by atoms with van der Waals surface area (Å²) in [5, 5.41) is 0. The summed E-state index contributed by atoms with van der Waals surface area (Å²) < 4.78 is 5.21. The molecule has 4 heteroatoms. The number of likely N-dealkylation sites (tertiary alicyclic amines) is 1. The van der Waals surface area contributed by atoms with E-state index in [4.69, 9.17) is 16.3 Å². The Kier molecular flexibility index (Phi) is 3.00. The number of amides is 1. The molecule has 0 aliphatic carbocycles. The van der Waals surface area contributed by atoms with E-state index in [0.29, 0.717) is 13.1 Å². The largest absolute Gasteiger partial charge is 0.444 e. The van der Waals surface area contributed by atoms with Gasteiger partial charge in [-0.2, -0.15) is 0 Å². The highest BCUT2D eigenvalue weighted by atomic mass is 35.5. The van der Waals surface area contributed by atoms with E-state index in [1.807, 2.05) is 27.7 Å². The Labute approximate surface area is 90.4 Å². The number of hydrogen-bond donors (Lipinski definition) is 0. The van der Waals surface area contributed by atoms with E-state index in [1.54, 1.807) is 4.90 Å². The summed E-state index contributed by atoms with van der Waals surface area (Å²) in [5.74, 6) is 0. The third kappa shape index (κ3) is 2.77. The Balaban J connectivity index is 2.37. The van der Waals surface area contributed by atoms with Crippen molar-refractivity contribution >= 4 is 17.7 Å². The van der Waals surface area contributed by atoms with Gasteiger partial charge in [0.15, 0.2) is 0 Å². The van der Waals surface area contributed by atoms with E-state index in [1.165, 1.54) is 0 Å². The van der Waals surface area contributed by atoms with Crippen LogP contribution >= 0.6 is 11.6 Å². The first-order chi connectivity index (χ1) is 6.26. The topological polar surface area (TPSA) is 29.5 Å². The van der Waals surface area contributed by atoms with Gasteiger partial charge in [-0.3, -0.25) is 0 Å². The second-order valence-corrected chi connectivity index (χ2v) is 5.64. The molecule has 0 atom stereocenters. The summed E-state index contributed by atoms with van der Waals surface area (Å²) in [5.41, 5.74) is -0.423. The van der Waals surface area contributed by atoms with Gasteiger partial charge >= 0.3 is 6.09 Å². The van der Waals surface area contributed by atoms with Crippen molar-refractivity contribution in [3.63, 3.8) is 0 Å². The molecular formula is C10H18ClNO2. The lowest BCUT2D eigenvalue weighted by Gasteiger charge is -2.45. The molecule has 3 nitrogen and oxygen atoms in total. The number of rotatable bonds is 1. The number of alkyl halides is 1. The number of ether oxygens (including phenoxy) is 1. The van der Waals surface area contributed by atoms with E-state index in [9.17, 15) is 4.79 Å². The Morgan fingerprint density at radius 2 is 2.00 bits per heavy atom. The molecule has 1 aliphatic heterocycles. The number of carbonyl (C=O) groups excluding carboxylic acids is 1. The SMILES string of the molecule is CCC1(Cl)CN(C(=O)OC(C)(C)C)C1. The maximum Gasteiger partial charge on any atom is 0.410 e. The molecule has 0 N–H and O–H groups in total. The van der Waals surface area contributed by atoms with E-state index < -0.39 is 5.60 Å². The lowest BCUT2D eigenvalue weighted by Crippen LogP contribution is -2.60. The minimum Gasteiger partial charge on any atom is -0.444 e. The average molecular weight is 220 g/mol. The van der Waals surface area contributed by atoms with Gasteiger partial charge in [-0.25, -0.2) is 4.79 Å². The normalized spacial score (nSPS) is 20.2. The van der Waals surface area contributed by atoms with Crippen LogP contribution in [0.3, 0.4) is 0 Å². The monoisotopic (exact) mass is 219 g/mol. The summed E-state index contributed by atoms with van der Waals surface area (Å²) in [6, 6.07) is 0. The summed E-state index contributed by atoms with van der Waals surface area (Å²) in [7, 11) is 0. The maximum atomic E-state index is 11.5. The van der Waals surface area contributed by atoms with Crippen molar-refractivity contribution in [3.8, 4) is 0 Å². The molecule has 1 rings (SSSR count). The van der Waals surface area contributed by atoms with Gasteiger partial charge in [0.2, 0.25) is 0 Å². The predicted molar refractivity (Wildman–Crippen MR) is 56.7 cm³/mol. The molecule has 0 aromatic heterocycles. The van der Waals surface area contributed by atoms with Crippen LogP contribution in [0.2, 0.25) is 0 Å². The first-order valence-electron chi connectivity index (χ1n) is 4.93. The Morgan fingerprint density at radius 3 is 2.36 bits per heavy atom. The van der Waals surface area contributed by atoms with Crippen LogP contribution in [0.25, 0.3) is 0 Å². The molecule has 14 heavy (non-hydrogen) atoms. The van der Waals surface area contributed by atoms with Gasteiger partial charge in [0.05, 0.1) is 4.87 Å². The molecule has 0 spiro atoms. The van der Waals surface area contributed by atoms with Gasteiger partial charge < -0.3 is 9.64 Å². The fourth-order valence-electron chi connectivity index (χ4n) is 1.32. The molecule has 1 heterocycles. The highest BCUT2D eigenvalue weighted by Crippen LogP contribution is 2.32. The van der Waals surface area contributed by atoms with Crippen molar-refractivity contribution in [1.29, 1.82) is 0 Å². The molecule has 82 valence electrons. The highest BCUT2D eigenvalue weighted by Gasteiger charge is 2.43. The van der Waals surface area contributed by atoms with E-state index in [0.717, 1.165) is 6.42 Å². The van der Waals surface area contributed by atoms with Gasteiger partial charge in [-0.1, -0.05) is 6.92 Å². The second-order valence-electron chi connectivity index (χ2n) is 4.84. The fraction of sp³-hybridized carbons (Fsp3) is 0.900. The van der Waals surface area contributed by atoms with Gasteiger partial charge in [-0.05, 0) is 27.2 Å². The number of hydrogen-bond acceptors (Lipinski definition) is 2. The van der Waals surface area contributed by atoms with Gasteiger partial charge in [-0.15, -0.1) is 11.6 Å². The minimum absolute atomic E-state index is 0.211. The zero-order valence-corrected chi connectivity index (χ0v) is 10.0. The predicted octanol–water partition coefficient (Wildman–Crippen LogP) is 2.62. The minimum atomic E-state index is -0.423. The number of nitrogens with zero attached hydrogens (tertiary/aromatic N) is 1. The molecule has 0 radical (unpaired) electrons. The lowest BCUT2D eigenvalue weighted by molar-refractivity contribution is 0.00328. The quantitative estimate of drug-likeness (QED) is 0.635. The van der Waals surface area contributed by atoms with E-state index >= 15 is 0 Å². The number of carbonyl (C=O) groups is 1. The third-order valence-electron chi connectivity index (χ3n) is 2.23. The Morgan fingerprint density at radius 1 is 1.50 bits per heavy atom. The van der Waals surface area contributed by atoms with Crippen LogP contribution in [0.1, 0.15) is 34.1 Å². The summed E-state index contributed by atoms with van der Waals surface area (Å²) >= 11 is 6.15. The molecular weight excluding hydrogens is 202 g/mol. The van der Waals surface area contributed by atoms with Crippen LogP contribution in [0.4, 0.5) is 4.79 Å². The molecule has 1 aliphatic rings. The number of halogens is 1. The van der Waals surface area contributed by atoms with Gasteiger partial charge in [0.25, 0.3) is 0 Å². The molecule has 0 aromatic rings. The second kappa shape index (κ2) is 3.61. The zero-order chi connectivity index (χ0) is 11.0. The maximum absolute atomic E-state index is 11.5. The van der Waals surface area contributed by atoms with E-state index in [-0.39, 0.29) is 11.0 Å². The van der Waals surface area contributed by atoms with Crippen LogP contribution in [0.15, 0.2) is 0 Å². The molecule has 0 saturated carbocycles. The molecule has 1 amide bonds. The van der Waals surface area contributed by atoms with Crippen molar-refractivity contribution in [2.45, 2.75) is 44.6 Å². The highest BCUT2D eigenvalue weighted by molar-refractivity contribution is 6.25. The first kappa shape index (κ1) is 11.6. The third-order valence-corrected chi connectivity index (χ3v) is 2.74.